The van der Waals surface area contributed by atoms with E-state index in [1.807, 2.05) is 20.8 Å². The standard InChI is InChI=1S/C16H25N3O3.ClH/c1-11(2)16(3,10-17)19-14(20)7-8-22-13-6-4-5-12(9-13)15(18)21;/h4-6,9,11H,7-8,10,17H2,1-3H3,(H2,18,21)(H,19,20);1H. The van der Waals surface area contributed by atoms with Crippen LogP contribution in [0.5, 0.6) is 5.75 Å². The molecule has 1 rings (SSSR count). The molecule has 1 aromatic carbocycles. The van der Waals surface area contributed by atoms with Gasteiger partial charge in [0.15, 0.2) is 0 Å². The minimum Gasteiger partial charge on any atom is -0.493 e. The van der Waals surface area contributed by atoms with Crippen molar-refractivity contribution in [1.82, 2.24) is 5.32 Å². The number of benzene rings is 1. The lowest BCUT2D eigenvalue weighted by Gasteiger charge is -2.33. The number of ether oxygens (including phenoxy) is 1. The molecule has 0 saturated heterocycles. The highest BCUT2D eigenvalue weighted by atomic mass is 35.5. The van der Waals surface area contributed by atoms with E-state index in [9.17, 15) is 9.59 Å². The molecule has 1 unspecified atom stereocenters. The van der Waals surface area contributed by atoms with Crippen molar-refractivity contribution in [3.63, 3.8) is 0 Å². The third-order valence-corrected chi connectivity index (χ3v) is 3.84. The average Bonchev–Trinajstić information content (AvgIpc) is 2.47. The van der Waals surface area contributed by atoms with E-state index in [2.05, 4.69) is 5.32 Å². The predicted octanol–water partition coefficient (Wildman–Crippen LogP) is 1.47. The topological polar surface area (TPSA) is 107 Å². The first-order valence-electron chi connectivity index (χ1n) is 7.32. The zero-order valence-corrected chi connectivity index (χ0v) is 14.6. The number of nitrogens with two attached hydrogens (primary N) is 2. The number of rotatable bonds is 8. The monoisotopic (exact) mass is 343 g/mol. The first-order valence-corrected chi connectivity index (χ1v) is 7.32. The summed E-state index contributed by atoms with van der Waals surface area (Å²) in [6.07, 6.45) is 0.211. The number of primary amides is 1. The molecule has 0 heterocycles. The van der Waals surface area contributed by atoms with Gasteiger partial charge in [-0.05, 0) is 31.0 Å². The summed E-state index contributed by atoms with van der Waals surface area (Å²) in [4.78, 5) is 23.0. The van der Waals surface area contributed by atoms with Gasteiger partial charge < -0.3 is 21.5 Å². The SMILES string of the molecule is CC(C)C(C)(CN)NC(=O)CCOc1cccc(C(N)=O)c1.Cl. The summed E-state index contributed by atoms with van der Waals surface area (Å²) in [5.74, 6) is 0.107. The van der Waals surface area contributed by atoms with Gasteiger partial charge in [-0.3, -0.25) is 9.59 Å². The van der Waals surface area contributed by atoms with Gasteiger partial charge in [0.1, 0.15) is 5.75 Å². The molecular formula is C16H26ClN3O3. The van der Waals surface area contributed by atoms with E-state index in [0.717, 1.165) is 0 Å². The Balaban J connectivity index is 0.00000484. The van der Waals surface area contributed by atoms with Crippen molar-refractivity contribution in [3.05, 3.63) is 29.8 Å². The van der Waals surface area contributed by atoms with Crippen LogP contribution in [0.25, 0.3) is 0 Å². The molecule has 0 spiro atoms. The van der Waals surface area contributed by atoms with E-state index < -0.39 is 11.4 Å². The third-order valence-electron chi connectivity index (χ3n) is 3.84. The fourth-order valence-corrected chi connectivity index (χ4v) is 1.81. The maximum atomic E-state index is 12.0. The van der Waals surface area contributed by atoms with Gasteiger partial charge in [0, 0.05) is 12.1 Å². The van der Waals surface area contributed by atoms with Crippen LogP contribution in [0.2, 0.25) is 0 Å². The number of carbonyl (C=O) groups is 2. The Morgan fingerprint density at radius 3 is 2.52 bits per heavy atom. The van der Waals surface area contributed by atoms with E-state index >= 15 is 0 Å². The lowest BCUT2D eigenvalue weighted by molar-refractivity contribution is -0.123. The Morgan fingerprint density at radius 1 is 1.35 bits per heavy atom. The van der Waals surface area contributed by atoms with Crippen LogP contribution in [0.15, 0.2) is 24.3 Å². The molecule has 130 valence electrons. The van der Waals surface area contributed by atoms with E-state index in [-0.39, 0.29) is 37.3 Å². The molecule has 2 amide bonds. The molecule has 23 heavy (non-hydrogen) atoms. The van der Waals surface area contributed by atoms with Crippen LogP contribution in [0.3, 0.4) is 0 Å². The molecule has 1 aromatic rings. The summed E-state index contributed by atoms with van der Waals surface area (Å²) >= 11 is 0. The van der Waals surface area contributed by atoms with E-state index in [1.165, 1.54) is 0 Å². The molecule has 0 radical (unpaired) electrons. The quantitative estimate of drug-likeness (QED) is 0.664. The Hall–Kier alpha value is -1.79. The maximum Gasteiger partial charge on any atom is 0.248 e. The third kappa shape index (κ3) is 6.46. The number of halogens is 1. The number of hydrogen-bond donors (Lipinski definition) is 3. The summed E-state index contributed by atoms with van der Waals surface area (Å²) in [7, 11) is 0. The molecule has 0 bridgehead atoms. The molecule has 0 aliphatic heterocycles. The Morgan fingerprint density at radius 2 is 2.00 bits per heavy atom. The van der Waals surface area contributed by atoms with Crippen molar-refractivity contribution in [3.8, 4) is 5.75 Å². The second-order valence-corrected chi connectivity index (χ2v) is 5.82. The number of nitrogens with one attached hydrogen (secondary N) is 1. The van der Waals surface area contributed by atoms with E-state index in [1.54, 1.807) is 24.3 Å². The largest absolute Gasteiger partial charge is 0.493 e. The summed E-state index contributed by atoms with van der Waals surface area (Å²) in [5, 5.41) is 2.94. The average molecular weight is 344 g/mol. The van der Waals surface area contributed by atoms with Gasteiger partial charge in [0.05, 0.1) is 18.6 Å². The normalized spacial score (nSPS) is 12.9. The van der Waals surface area contributed by atoms with Crippen molar-refractivity contribution in [2.45, 2.75) is 32.7 Å². The molecular weight excluding hydrogens is 318 g/mol. The van der Waals surface area contributed by atoms with Crippen molar-refractivity contribution in [2.24, 2.45) is 17.4 Å². The second-order valence-electron chi connectivity index (χ2n) is 5.82. The van der Waals surface area contributed by atoms with Crippen LogP contribution in [0.4, 0.5) is 0 Å². The van der Waals surface area contributed by atoms with Gasteiger partial charge in [-0.25, -0.2) is 0 Å². The van der Waals surface area contributed by atoms with Gasteiger partial charge in [0.25, 0.3) is 0 Å². The molecule has 0 aliphatic carbocycles. The van der Waals surface area contributed by atoms with Crippen LogP contribution < -0.4 is 21.5 Å². The predicted molar refractivity (Wildman–Crippen MR) is 92.8 cm³/mol. The minimum atomic E-state index is -0.515. The first-order chi connectivity index (χ1) is 10.3. The van der Waals surface area contributed by atoms with Gasteiger partial charge in [0.2, 0.25) is 11.8 Å². The summed E-state index contributed by atoms with van der Waals surface area (Å²) in [6.45, 7) is 6.54. The van der Waals surface area contributed by atoms with Crippen LogP contribution in [0.1, 0.15) is 37.6 Å². The summed E-state index contributed by atoms with van der Waals surface area (Å²) in [5.41, 5.74) is 10.9. The highest BCUT2D eigenvalue weighted by Crippen LogP contribution is 2.15. The molecule has 7 heteroatoms. The fraction of sp³-hybridized carbons (Fsp3) is 0.500. The molecule has 0 aromatic heterocycles. The van der Waals surface area contributed by atoms with Crippen molar-refractivity contribution < 1.29 is 14.3 Å². The van der Waals surface area contributed by atoms with Gasteiger partial charge >= 0.3 is 0 Å². The van der Waals surface area contributed by atoms with Gasteiger partial charge in [-0.1, -0.05) is 19.9 Å². The smallest absolute Gasteiger partial charge is 0.248 e. The highest BCUT2D eigenvalue weighted by Gasteiger charge is 2.28. The van der Waals surface area contributed by atoms with E-state index in [4.69, 9.17) is 16.2 Å². The molecule has 0 fully saturated rings. The van der Waals surface area contributed by atoms with Crippen molar-refractivity contribution in [1.29, 1.82) is 0 Å². The molecule has 6 nitrogen and oxygen atoms in total. The van der Waals surface area contributed by atoms with Crippen LogP contribution in [-0.2, 0) is 4.79 Å². The van der Waals surface area contributed by atoms with Crippen LogP contribution in [-0.4, -0.2) is 30.5 Å². The molecule has 5 N–H and O–H groups in total. The van der Waals surface area contributed by atoms with E-state index in [0.29, 0.717) is 17.9 Å². The number of amides is 2. The van der Waals surface area contributed by atoms with Crippen molar-refractivity contribution >= 4 is 24.2 Å². The number of hydrogen-bond acceptors (Lipinski definition) is 4. The van der Waals surface area contributed by atoms with Crippen molar-refractivity contribution in [2.75, 3.05) is 13.2 Å². The Bertz CT molecular complexity index is 537. The fourth-order valence-electron chi connectivity index (χ4n) is 1.81. The number of carbonyl (C=O) groups excluding carboxylic acids is 2. The minimum absolute atomic E-state index is 0. The Kier molecular flexibility index (Phi) is 8.64. The van der Waals surface area contributed by atoms with Crippen LogP contribution >= 0.6 is 12.4 Å². The summed E-state index contributed by atoms with van der Waals surface area (Å²) in [6, 6.07) is 6.55. The van der Waals surface area contributed by atoms with Gasteiger partial charge in [-0.15, -0.1) is 12.4 Å². The second kappa shape index (κ2) is 9.37. The van der Waals surface area contributed by atoms with Gasteiger partial charge in [-0.2, -0.15) is 0 Å². The Labute approximate surface area is 143 Å². The zero-order chi connectivity index (χ0) is 16.8. The maximum absolute atomic E-state index is 12.0. The summed E-state index contributed by atoms with van der Waals surface area (Å²) < 4.78 is 5.48. The molecule has 0 saturated carbocycles. The highest BCUT2D eigenvalue weighted by molar-refractivity contribution is 5.93. The zero-order valence-electron chi connectivity index (χ0n) is 13.8. The molecule has 1 atom stereocenters. The lowest BCUT2D eigenvalue weighted by atomic mass is 9.88. The first kappa shape index (κ1) is 21.2. The molecule has 0 aliphatic rings. The van der Waals surface area contributed by atoms with Crippen LogP contribution in [0, 0.1) is 5.92 Å². The lowest BCUT2D eigenvalue weighted by Crippen LogP contribution is -2.55.